The highest BCUT2D eigenvalue weighted by molar-refractivity contribution is 5.98. The Balaban J connectivity index is 1.54. The van der Waals surface area contributed by atoms with Crippen molar-refractivity contribution >= 4 is 22.5 Å². The molecule has 138 valence electrons. The first-order valence-electron chi connectivity index (χ1n) is 9.31. The van der Waals surface area contributed by atoms with Gasteiger partial charge < -0.3 is 4.90 Å². The molecule has 3 aromatic carbocycles. The lowest BCUT2D eigenvalue weighted by atomic mass is 10.0. The predicted octanol–water partition coefficient (Wildman–Crippen LogP) is 5.03. The van der Waals surface area contributed by atoms with Gasteiger partial charge in [-0.2, -0.15) is 5.10 Å². The van der Waals surface area contributed by atoms with Gasteiger partial charge in [0.25, 0.3) is 0 Å². The van der Waals surface area contributed by atoms with E-state index < -0.39 is 0 Å². The summed E-state index contributed by atoms with van der Waals surface area (Å²) >= 11 is 0. The van der Waals surface area contributed by atoms with Crippen molar-refractivity contribution in [1.29, 1.82) is 0 Å². The summed E-state index contributed by atoms with van der Waals surface area (Å²) in [7, 11) is 0. The Kier molecular flexibility index (Phi) is 3.93. The van der Waals surface area contributed by atoms with Crippen LogP contribution < -0.4 is 4.90 Å². The number of rotatable bonds is 3. The van der Waals surface area contributed by atoms with Crippen LogP contribution >= 0.6 is 0 Å². The van der Waals surface area contributed by atoms with Gasteiger partial charge in [-0.1, -0.05) is 30.3 Å². The van der Waals surface area contributed by atoms with Gasteiger partial charge in [-0.05, 0) is 54.4 Å². The second-order valence-electron chi connectivity index (χ2n) is 7.00. The molecule has 1 amide bonds. The number of fused-ring (bicyclic) bond motifs is 1. The molecular formula is C23H18FN3O. The van der Waals surface area contributed by atoms with Crippen molar-refractivity contribution < 1.29 is 9.18 Å². The van der Waals surface area contributed by atoms with Crippen LogP contribution in [0.1, 0.15) is 24.4 Å². The van der Waals surface area contributed by atoms with Gasteiger partial charge in [0.1, 0.15) is 5.82 Å². The zero-order valence-electron chi connectivity index (χ0n) is 15.1. The Morgan fingerprint density at radius 3 is 2.46 bits per heavy atom. The third-order valence-corrected chi connectivity index (χ3v) is 5.30. The maximum Gasteiger partial charge on any atom is 0.227 e. The minimum atomic E-state index is -0.276. The number of carbonyl (C=O) groups is 1. The van der Waals surface area contributed by atoms with Crippen LogP contribution in [0.3, 0.4) is 0 Å². The number of halogens is 1. The van der Waals surface area contributed by atoms with Gasteiger partial charge in [0.15, 0.2) is 0 Å². The first-order valence-corrected chi connectivity index (χ1v) is 9.31. The smallest absolute Gasteiger partial charge is 0.227 e. The number of benzene rings is 3. The number of aromatic nitrogens is 2. The average Bonchev–Trinajstić information content (AvgIpc) is 3.32. The molecule has 1 aromatic heterocycles. The molecule has 0 saturated carbocycles. The molecule has 1 saturated heterocycles. The summed E-state index contributed by atoms with van der Waals surface area (Å²) in [6, 6.07) is 22.4. The molecule has 5 rings (SSSR count). The van der Waals surface area contributed by atoms with Crippen LogP contribution in [0.2, 0.25) is 0 Å². The molecular weight excluding hydrogens is 353 g/mol. The fourth-order valence-electron chi connectivity index (χ4n) is 3.96. The molecule has 4 nitrogen and oxygen atoms in total. The molecule has 0 spiro atoms. The molecule has 0 radical (unpaired) electrons. The highest BCUT2D eigenvalue weighted by Crippen LogP contribution is 2.38. The normalized spacial score (nSPS) is 16.8. The van der Waals surface area contributed by atoms with E-state index in [1.165, 1.54) is 12.1 Å². The molecule has 5 heteroatoms. The fourth-order valence-corrected chi connectivity index (χ4v) is 3.96. The van der Waals surface area contributed by atoms with Gasteiger partial charge in [0.2, 0.25) is 5.91 Å². The average molecular weight is 371 g/mol. The van der Waals surface area contributed by atoms with Gasteiger partial charge in [0, 0.05) is 17.5 Å². The van der Waals surface area contributed by atoms with Gasteiger partial charge in [-0.25, -0.2) is 9.07 Å². The molecule has 1 aliphatic heterocycles. The monoisotopic (exact) mass is 371 g/mol. The Hall–Kier alpha value is -3.47. The molecule has 4 aromatic rings. The van der Waals surface area contributed by atoms with Crippen LogP contribution in [0.5, 0.6) is 0 Å². The second-order valence-corrected chi connectivity index (χ2v) is 7.00. The molecule has 1 fully saturated rings. The summed E-state index contributed by atoms with van der Waals surface area (Å²) in [5.41, 5.74) is 3.74. The number of hydrogen-bond acceptors (Lipinski definition) is 2. The molecule has 1 unspecified atom stereocenters. The van der Waals surface area contributed by atoms with Crippen LogP contribution in [0.4, 0.5) is 10.1 Å². The van der Waals surface area contributed by atoms with E-state index in [0.717, 1.165) is 34.3 Å². The Labute approximate surface area is 161 Å². The zero-order chi connectivity index (χ0) is 19.1. The van der Waals surface area contributed by atoms with Gasteiger partial charge in [0.05, 0.1) is 23.4 Å². The second kappa shape index (κ2) is 6.60. The molecule has 0 N–H and O–H groups in total. The van der Waals surface area contributed by atoms with Gasteiger partial charge in [-0.3, -0.25) is 4.79 Å². The number of amides is 1. The highest BCUT2D eigenvalue weighted by Gasteiger charge is 2.33. The maximum absolute atomic E-state index is 13.2. The molecule has 1 aliphatic rings. The maximum atomic E-state index is 13.2. The van der Waals surface area contributed by atoms with Gasteiger partial charge in [-0.15, -0.1) is 0 Å². The van der Waals surface area contributed by atoms with E-state index in [1.54, 1.807) is 23.0 Å². The van der Waals surface area contributed by atoms with Crippen molar-refractivity contribution in [2.24, 2.45) is 0 Å². The summed E-state index contributed by atoms with van der Waals surface area (Å²) in [6.07, 6.45) is 3.14. The van der Waals surface area contributed by atoms with E-state index in [9.17, 15) is 9.18 Å². The van der Waals surface area contributed by atoms with Crippen LogP contribution in [-0.4, -0.2) is 15.7 Å². The molecule has 0 bridgehead atoms. The third kappa shape index (κ3) is 2.76. The topological polar surface area (TPSA) is 38.1 Å². The zero-order valence-corrected chi connectivity index (χ0v) is 15.1. The molecule has 2 heterocycles. The molecule has 1 atom stereocenters. The Bertz CT molecular complexity index is 1150. The first kappa shape index (κ1) is 16.7. The molecule has 0 aliphatic carbocycles. The van der Waals surface area contributed by atoms with Crippen molar-refractivity contribution in [3.63, 3.8) is 0 Å². The SMILES string of the molecule is O=C1CCC(c2ccccc2)N1c1ccc2c(cnn2-c2ccc(F)cc2)c1. The van der Waals surface area contributed by atoms with E-state index >= 15 is 0 Å². The van der Waals surface area contributed by atoms with Crippen molar-refractivity contribution in [3.8, 4) is 5.69 Å². The highest BCUT2D eigenvalue weighted by atomic mass is 19.1. The van der Waals surface area contributed by atoms with Crippen LogP contribution in [0.25, 0.3) is 16.6 Å². The largest absolute Gasteiger partial charge is 0.305 e. The van der Waals surface area contributed by atoms with Crippen LogP contribution in [0.15, 0.2) is 79.0 Å². The lowest BCUT2D eigenvalue weighted by Crippen LogP contribution is -2.27. The summed E-state index contributed by atoms with van der Waals surface area (Å²) in [6.45, 7) is 0. The first-order chi connectivity index (χ1) is 13.7. The van der Waals surface area contributed by atoms with E-state index in [-0.39, 0.29) is 17.8 Å². The quantitative estimate of drug-likeness (QED) is 0.506. The lowest BCUT2D eigenvalue weighted by molar-refractivity contribution is -0.117. The van der Waals surface area contributed by atoms with Gasteiger partial charge >= 0.3 is 0 Å². The van der Waals surface area contributed by atoms with Crippen molar-refractivity contribution in [3.05, 3.63) is 90.4 Å². The minimum Gasteiger partial charge on any atom is -0.305 e. The lowest BCUT2D eigenvalue weighted by Gasteiger charge is -2.25. The van der Waals surface area contributed by atoms with E-state index in [1.807, 2.05) is 41.3 Å². The van der Waals surface area contributed by atoms with Crippen molar-refractivity contribution in [1.82, 2.24) is 9.78 Å². The van der Waals surface area contributed by atoms with E-state index in [2.05, 4.69) is 17.2 Å². The Morgan fingerprint density at radius 2 is 1.68 bits per heavy atom. The fraction of sp³-hybridized carbons (Fsp3) is 0.130. The van der Waals surface area contributed by atoms with Crippen molar-refractivity contribution in [2.75, 3.05) is 4.90 Å². The van der Waals surface area contributed by atoms with Crippen LogP contribution in [0, 0.1) is 5.82 Å². The number of nitrogens with zero attached hydrogens (tertiary/aromatic N) is 3. The Morgan fingerprint density at radius 1 is 0.929 bits per heavy atom. The number of anilines is 1. The minimum absolute atomic E-state index is 0.0540. The standard InChI is InChI=1S/C23H18FN3O/c24-18-6-8-19(9-7-18)27-22-11-10-20(14-17(22)15-25-27)26-21(12-13-23(26)28)16-4-2-1-3-5-16/h1-11,14-15,21H,12-13H2. The molecule has 28 heavy (non-hydrogen) atoms. The summed E-state index contributed by atoms with van der Waals surface area (Å²) in [5.74, 6) is -0.138. The van der Waals surface area contributed by atoms with Crippen molar-refractivity contribution in [2.45, 2.75) is 18.9 Å². The van der Waals surface area contributed by atoms with E-state index in [4.69, 9.17) is 0 Å². The number of carbonyl (C=O) groups excluding carboxylic acids is 1. The number of hydrogen-bond donors (Lipinski definition) is 0. The summed E-state index contributed by atoms with van der Waals surface area (Å²) < 4.78 is 15.0. The summed E-state index contributed by atoms with van der Waals surface area (Å²) in [4.78, 5) is 14.5. The van der Waals surface area contributed by atoms with E-state index in [0.29, 0.717) is 6.42 Å². The third-order valence-electron chi connectivity index (χ3n) is 5.30. The van der Waals surface area contributed by atoms with Crippen LogP contribution in [-0.2, 0) is 4.79 Å². The predicted molar refractivity (Wildman–Crippen MR) is 107 cm³/mol. The summed E-state index contributed by atoms with van der Waals surface area (Å²) in [5, 5.41) is 5.39.